The molecule has 5 nitrogen and oxygen atoms in total. The van der Waals surface area contributed by atoms with Crippen LogP contribution < -0.4 is 15.4 Å². The van der Waals surface area contributed by atoms with Gasteiger partial charge in [-0.2, -0.15) is 0 Å². The van der Waals surface area contributed by atoms with Gasteiger partial charge in [-0.15, -0.1) is 0 Å². The van der Waals surface area contributed by atoms with E-state index in [-0.39, 0.29) is 11.3 Å². The van der Waals surface area contributed by atoms with Crippen molar-refractivity contribution in [2.75, 3.05) is 40.0 Å². The molecule has 1 aromatic carbocycles. The molecule has 2 atom stereocenters. The first-order valence-electron chi connectivity index (χ1n) is 10.3. The first kappa shape index (κ1) is 20.2. The molecule has 2 fully saturated rings. The molecule has 3 rings (SSSR count). The molecule has 1 aromatic rings. The van der Waals surface area contributed by atoms with Crippen molar-refractivity contribution in [3.05, 3.63) is 29.8 Å². The fourth-order valence-corrected chi connectivity index (χ4v) is 4.44. The van der Waals surface area contributed by atoms with Gasteiger partial charge >= 0.3 is 0 Å². The van der Waals surface area contributed by atoms with Gasteiger partial charge in [0.1, 0.15) is 5.75 Å². The predicted molar refractivity (Wildman–Crippen MR) is 107 cm³/mol. The van der Waals surface area contributed by atoms with Gasteiger partial charge in [-0.05, 0) is 68.3 Å². The Morgan fingerprint density at radius 3 is 2.70 bits per heavy atom. The summed E-state index contributed by atoms with van der Waals surface area (Å²) in [7, 11) is 1.68. The summed E-state index contributed by atoms with van der Waals surface area (Å²) in [6.45, 7) is 6.53. The highest BCUT2D eigenvalue weighted by Crippen LogP contribution is 2.35. The summed E-state index contributed by atoms with van der Waals surface area (Å²) in [5.74, 6) is 2.07. The highest BCUT2D eigenvalue weighted by Gasteiger charge is 2.35. The van der Waals surface area contributed by atoms with Gasteiger partial charge in [0, 0.05) is 31.6 Å². The summed E-state index contributed by atoms with van der Waals surface area (Å²) in [6.07, 6.45) is 4.93. The van der Waals surface area contributed by atoms with Crippen molar-refractivity contribution >= 4 is 5.91 Å². The zero-order valence-electron chi connectivity index (χ0n) is 16.8. The Balaban J connectivity index is 1.59. The maximum absolute atomic E-state index is 12.6. The fraction of sp³-hybridized carbons (Fsp3) is 0.682. The minimum atomic E-state index is -0.0458. The lowest BCUT2D eigenvalue weighted by Gasteiger charge is -2.38. The molecule has 0 radical (unpaired) electrons. The Labute approximate surface area is 163 Å². The fourth-order valence-electron chi connectivity index (χ4n) is 4.44. The van der Waals surface area contributed by atoms with Crippen LogP contribution in [0.5, 0.6) is 5.75 Å². The number of rotatable bonds is 7. The molecule has 2 unspecified atom stereocenters. The van der Waals surface area contributed by atoms with E-state index in [1.807, 2.05) is 12.1 Å². The summed E-state index contributed by atoms with van der Waals surface area (Å²) in [4.78, 5) is 12.6. The van der Waals surface area contributed by atoms with Crippen molar-refractivity contribution in [2.45, 2.75) is 44.4 Å². The molecule has 2 aliphatic rings. The summed E-state index contributed by atoms with van der Waals surface area (Å²) in [6, 6.07) is 8.28. The smallest absolute Gasteiger partial charge is 0.220 e. The number of hydrogen-bond donors (Lipinski definition) is 2. The van der Waals surface area contributed by atoms with E-state index >= 15 is 0 Å². The molecule has 0 aromatic heterocycles. The second-order valence-corrected chi connectivity index (χ2v) is 8.19. The highest BCUT2D eigenvalue weighted by atomic mass is 16.5. The average molecular weight is 375 g/mol. The number of carbonyl (C=O) groups is 1. The molecule has 1 amide bonds. The number of benzene rings is 1. The standard InChI is InChI=1S/C22H34N2O3/c1-17(18-4-3-11-23-15-18)14-21(25)24-16-22(9-12-27-13-10-22)19-5-7-20(26-2)8-6-19/h5-8,17-18,23H,3-4,9-16H2,1-2H3,(H,24,25). The van der Waals surface area contributed by atoms with E-state index in [2.05, 4.69) is 29.7 Å². The Morgan fingerprint density at radius 1 is 1.33 bits per heavy atom. The summed E-state index contributed by atoms with van der Waals surface area (Å²) >= 11 is 0. The largest absolute Gasteiger partial charge is 0.497 e. The van der Waals surface area contributed by atoms with Gasteiger partial charge in [-0.25, -0.2) is 0 Å². The molecular weight excluding hydrogens is 340 g/mol. The zero-order chi connectivity index (χ0) is 19.1. The minimum absolute atomic E-state index is 0.0458. The van der Waals surface area contributed by atoms with E-state index in [4.69, 9.17) is 9.47 Å². The second-order valence-electron chi connectivity index (χ2n) is 8.19. The molecule has 0 bridgehead atoms. The molecule has 2 heterocycles. The van der Waals surface area contributed by atoms with Crippen LogP contribution in [0.1, 0.15) is 44.6 Å². The SMILES string of the molecule is COc1ccc(C2(CNC(=O)CC(C)C3CCCNC3)CCOCC2)cc1. The van der Waals surface area contributed by atoms with Crippen molar-refractivity contribution in [1.82, 2.24) is 10.6 Å². The number of piperidine rings is 1. The van der Waals surface area contributed by atoms with Gasteiger partial charge in [0.15, 0.2) is 0 Å². The minimum Gasteiger partial charge on any atom is -0.497 e. The summed E-state index contributed by atoms with van der Waals surface area (Å²) in [5.41, 5.74) is 1.21. The van der Waals surface area contributed by atoms with Crippen LogP contribution >= 0.6 is 0 Å². The average Bonchev–Trinajstić information content (AvgIpc) is 2.73. The molecule has 2 saturated heterocycles. The number of amides is 1. The Hall–Kier alpha value is -1.59. The van der Waals surface area contributed by atoms with Crippen molar-refractivity contribution in [3.8, 4) is 5.75 Å². The number of ether oxygens (including phenoxy) is 2. The molecule has 5 heteroatoms. The second kappa shape index (κ2) is 9.56. The van der Waals surface area contributed by atoms with Gasteiger partial charge < -0.3 is 20.1 Å². The zero-order valence-corrected chi connectivity index (χ0v) is 16.8. The molecule has 0 saturated carbocycles. The first-order chi connectivity index (χ1) is 13.1. The Bertz CT molecular complexity index is 590. The highest BCUT2D eigenvalue weighted by molar-refractivity contribution is 5.76. The van der Waals surface area contributed by atoms with E-state index in [0.717, 1.165) is 44.9 Å². The molecule has 0 spiro atoms. The van der Waals surface area contributed by atoms with Crippen molar-refractivity contribution in [3.63, 3.8) is 0 Å². The number of nitrogens with one attached hydrogen (secondary N) is 2. The van der Waals surface area contributed by atoms with E-state index in [0.29, 0.717) is 24.8 Å². The Morgan fingerprint density at radius 2 is 2.07 bits per heavy atom. The molecular formula is C22H34N2O3. The van der Waals surface area contributed by atoms with Crippen LogP contribution in [-0.4, -0.2) is 45.9 Å². The van der Waals surface area contributed by atoms with E-state index < -0.39 is 0 Å². The van der Waals surface area contributed by atoms with Crippen LogP contribution in [0.15, 0.2) is 24.3 Å². The van der Waals surface area contributed by atoms with Gasteiger partial charge in [0.05, 0.1) is 7.11 Å². The van der Waals surface area contributed by atoms with Gasteiger partial charge in [0.25, 0.3) is 0 Å². The van der Waals surface area contributed by atoms with E-state index in [1.165, 1.54) is 18.4 Å². The monoisotopic (exact) mass is 374 g/mol. The molecule has 27 heavy (non-hydrogen) atoms. The van der Waals surface area contributed by atoms with Crippen molar-refractivity contribution in [1.29, 1.82) is 0 Å². The van der Waals surface area contributed by atoms with Gasteiger partial charge in [0.2, 0.25) is 5.91 Å². The normalized spacial score (nSPS) is 23.4. The van der Waals surface area contributed by atoms with Crippen LogP contribution in [0, 0.1) is 11.8 Å². The van der Waals surface area contributed by atoms with E-state index in [1.54, 1.807) is 7.11 Å². The predicted octanol–water partition coefficient (Wildman–Crippen LogP) is 2.89. The molecule has 2 aliphatic heterocycles. The van der Waals surface area contributed by atoms with Gasteiger partial charge in [-0.1, -0.05) is 19.1 Å². The maximum atomic E-state index is 12.6. The summed E-state index contributed by atoms with van der Waals surface area (Å²) in [5, 5.41) is 6.70. The van der Waals surface area contributed by atoms with Crippen molar-refractivity contribution in [2.24, 2.45) is 11.8 Å². The van der Waals surface area contributed by atoms with Gasteiger partial charge in [-0.3, -0.25) is 4.79 Å². The molecule has 150 valence electrons. The van der Waals surface area contributed by atoms with E-state index in [9.17, 15) is 4.79 Å². The van der Waals surface area contributed by atoms with Crippen LogP contribution in [-0.2, 0) is 14.9 Å². The maximum Gasteiger partial charge on any atom is 0.220 e. The Kier molecular flexibility index (Phi) is 7.13. The van der Waals surface area contributed by atoms with Crippen LogP contribution in [0.25, 0.3) is 0 Å². The lowest BCUT2D eigenvalue weighted by Crippen LogP contribution is -2.45. The third-order valence-corrected chi connectivity index (χ3v) is 6.42. The number of carbonyl (C=O) groups excluding carboxylic acids is 1. The number of hydrogen-bond acceptors (Lipinski definition) is 4. The van der Waals surface area contributed by atoms with Crippen LogP contribution in [0.2, 0.25) is 0 Å². The summed E-state index contributed by atoms with van der Waals surface area (Å²) < 4.78 is 10.9. The quantitative estimate of drug-likeness (QED) is 0.770. The lowest BCUT2D eigenvalue weighted by molar-refractivity contribution is -0.122. The molecule has 0 aliphatic carbocycles. The van der Waals surface area contributed by atoms with Crippen molar-refractivity contribution < 1.29 is 14.3 Å². The lowest BCUT2D eigenvalue weighted by atomic mass is 9.74. The number of methoxy groups -OCH3 is 1. The third kappa shape index (κ3) is 5.23. The van der Waals surface area contributed by atoms with Crippen LogP contribution in [0.3, 0.4) is 0 Å². The first-order valence-corrected chi connectivity index (χ1v) is 10.3. The molecule has 2 N–H and O–H groups in total. The van der Waals surface area contributed by atoms with Crippen LogP contribution in [0.4, 0.5) is 0 Å². The third-order valence-electron chi connectivity index (χ3n) is 6.42. The topological polar surface area (TPSA) is 59.6 Å².